The third kappa shape index (κ3) is 1.94. The molecule has 13 heavy (non-hydrogen) atoms. The van der Waals surface area contributed by atoms with Crippen molar-refractivity contribution in [3.8, 4) is 0 Å². The van der Waals surface area contributed by atoms with Crippen LogP contribution < -0.4 is 4.90 Å². The lowest BCUT2D eigenvalue weighted by molar-refractivity contribution is 0.935. The van der Waals surface area contributed by atoms with Crippen molar-refractivity contribution in [2.45, 2.75) is 18.7 Å². The van der Waals surface area contributed by atoms with Gasteiger partial charge in [0.15, 0.2) is 0 Å². The van der Waals surface area contributed by atoms with Gasteiger partial charge < -0.3 is 4.90 Å². The Hall–Kier alpha value is -0.760. The summed E-state index contributed by atoms with van der Waals surface area (Å²) < 4.78 is 0. The quantitative estimate of drug-likeness (QED) is 0.676. The minimum absolute atomic E-state index is 0.573. The molecule has 0 unspecified atom stereocenters. The predicted molar refractivity (Wildman–Crippen MR) is 55.2 cm³/mol. The third-order valence-corrected chi connectivity index (χ3v) is 2.70. The summed E-state index contributed by atoms with van der Waals surface area (Å²) in [6.45, 7) is 2.28. The van der Waals surface area contributed by atoms with E-state index in [0.717, 1.165) is 24.5 Å². The number of alkyl halides is 1. The van der Waals surface area contributed by atoms with E-state index >= 15 is 0 Å². The lowest BCUT2D eigenvalue weighted by atomic mass is 10.3. The second kappa shape index (κ2) is 3.97. The largest absolute Gasteiger partial charge is 0.357 e. The number of hydrogen-bond donors (Lipinski definition) is 0. The molecule has 0 spiro atoms. The Bertz CT molecular complexity index is 282. The highest BCUT2D eigenvalue weighted by Crippen LogP contribution is 2.18. The summed E-state index contributed by atoms with van der Waals surface area (Å²) in [6.07, 6.45) is 4.41. The van der Waals surface area contributed by atoms with Gasteiger partial charge in [-0.1, -0.05) is 0 Å². The number of rotatable bonds is 2. The number of nitrogens with zero attached hydrogens (tertiary/aromatic N) is 2. The molecule has 0 atom stereocenters. The Labute approximate surface area is 83.5 Å². The molecule has 0 bridgehead atoms. The van der Waals surface area contributed by atoms with E-state index in [0.29, 0.717) is 5.88 Å². The Kier molecular flexibility index (Phi) is 2.69. The zero-order chi connectivity index (χ0) is 9.10. The molecule has 1 saturated heterocycles. The molecule has 1 aliphatic heterocycles. The number of anilines is 1. The molecular weight excluding hydrogens is 184 g/mol. The zero-order valence-electron chi connectivity index (χ0n) is 7.54. The molecule has 0 amide bonds. The van der Waals surface area contributed by atoms with E-state index in [4.69, 9.17) is 11.6 Å². The highest BCUT2D eigenvalue weighted by Gasteiger charge is 2.12. The van der Waals surface area contributed by atoms with Crippen LogP contribution in [0.25, 0.3) is 0 Å². The molecule has 1 aliphatic rings. The molecule has 1 fully saturated rings. The van der Waals surface area contributed by atoms with Gasteiger partial charge in [-0.05, 0) is 30.5 Å². The summed E-state index contributed by atoms with van der Waals surface area (Å²) in [5.74, 6) is 1.65. The van der Waals surface area contributed by atoms with Crippen molar-refractivity contribution in [1.29, 1.82) is 0 Å². The summed E-state index contributed by atoms with van der Waals surface area (Å²) in [5, 5.41) is 0. The maximum absolute atomic E-state index is 5.76. The van der Waals surface area contributed by atoms with E-state index in [-0.39, 0.29) is 0 Å². The normalized spacial score (nSPS) is 16.5. The van der Waals surface area contributed by atoms with Crippen molar-refractivity contribution >= 4 is 17.4 Å². The van der Waals surface area contributed by atoms with Crippen molar-refractivity contribution in [3.63, 3.8) is 0 Å². The van der Waals surface area contributed by atoms with Gasteiger partial charge in [-0.25, -0.2) is 4.98 Å². The first-order valence-electron chi connectivity index (χ1n) is 4.66. The maximum atomic E-state index is 5.76. The molecule has 3 heteroatoms. The molecule has 2 rings (SSSR count). The summed E-state index contributed by atoms with van der Waals surface area (Å²) >= 11 is 5.76. The van der Waals surface area contributed by atoms with Gasteiger partial charge in [0.25, 0.3) is 0 Å². The molecule has 0 N–H and O–H groups in total. The van der Waals surface area contributed by atoms with Gasteiger partial charge in [0.2, 0.25) is 0 Å². The fourth-order valence-corrected chi connectivity index (χ4v) is 1.83. The van der Waals surface area contributed by atoms with E-state index < -0.39 is 0 Å². The molecule has 0 aliphatic carbocycles. The van der Waals surface area contributed by atoms with Crippen molar-refractivity contribution in [2.24, 2.45) is 0 Å². The van der Waals surface area contributed by atoms with Crippen LogP contribution in [-0.4, -0.2) is 18.1 Å². The second-order valence-corrected chi connectivity index (χ2v) is 3.62. The van der Waals surface area contributed by atoms with Gasteiger partial charge >= 0.3 is 0 Å². The second-order valence-electron chi connectivity index (χ2n) is 3.35. The zero-order valence-corrected chi connectivity index (χ0v) is 8.30. The third-order valence-electron chi connectivity index (χ3n) is 2.39. The smallest absolute Gasteiger partial charge is 0.128 e. The van der Waals surface area contributed by atoms with Crippen LogP contribution >= 0.6 is 11.6 Å². The number of pyridine rings is 1. The van der Waals surface area contributed by atoms with E-state index in [9.17, 15) is 0 Å². The number of hydrogen-bond acceptors (Lipinski definition) is 2. The lowest BCUT2D eigenvalue weighted by Gasteiger charge is -2.16. The fraction of sp³-hybridized carbons (Fsp3) is 0.500. The van der Waals surface area contributed by atoms with Crippen molar-refractivity contribution in [3.05, 3.63) is 23.9 Å². The van der Waals surface area contributed by atoms with Gasteiger partial charge in [-0.15, -0.1) is 11.6 Å². The highest BCUT2D eigenvalue weighted by molar-refractivity contribution is 6.17. The van der Waals surface area contributed by atoms with Gasteiger partial charge in [-0.3, -0.25) is 0 Å². The summed E-state index contributed by atoms with van der Waals surface area (Å²) in [4.78, 5) is 6.65. The Morgan fingerprint density at radius 3 is 2.85 bits per heavy atom. The van der Waals surface area contributed by atoms with Gasteiger partial charge in [0.05, 0.1) is 0 Å². The Morgan fingerprint density at radius 2 is 2.15 bits per heavy atom. The van der Waals surface area contributed by atoms with Gasteiger partial charge in [0, 0.05) is 25.2 Å². The average Bonchev–Trinajstić information content (AvgIpc) is 2.71. The standard InChI is InChI=1S/C10H13ClN2/c11-8-9-3-4-12-10(7-9)13-5-1-2-6-13/h3-4,7H,1-2,5-6,8H2. The van der Waals surface area contributed by atoms with Crippen molar-refractivity contribution in [1.82, 2.24) is 4.98 Å². The van der Waals surface area contributed by atoms with Crippen LogP contribution in [0.5, 0.6) is 0 Å². The van der Waals surface area contributed by atoms with Gasteiger partial charge in [0.1, 0.15) is 5.82 Å². The van der Waals surface area contributed by atoms with E-state index in [1.54, 1.807) is 0 Å². The average molecular weight is 197 g/mol. The lowest BCUT2D eigenvalue weighted by Crippen LogP contribution is -2.18. The van der Waals surface area contributed by atoms with E-state index in [1.807, 2.05) is 12.3 Å². The molecule has 0 radical (unpaired) electrons. The molecule has 1 aromatic heterocycles. The first-order valence-corrected chi connectivity index (χ1v) is 5.19. The van der Waals surface area contributed by atoms with Crippen LogP contribution in [0.4, 0.5) is 5.82 Å². The first-order chi connectivity index (χ1) is 6.40. The summed E-state index contributed by atoms with van der Waals surface area (Å²) in [6, 6.07) is 4.05. The molecule has 1 aromatic rings. The minimum atomic E-state index is 0.573. The Morgan fingerprint density at radius 1 is 1.38 bits per heavy atom. The highest BCUT2D eigenvalue weighted by atomic mass is 35.5. The van der Waals surface area contributed by atoms with Crippen LogP contribution in [0, 0.1) is 0 Å². The minimum Gasteiger partial charge on any atom is -0.357 e. The Balaban J connectivity index is 2.18. The SMILES string of the molecule is ClCc1ccnc(N2CCCC2)c1. The van der Waals surface area contributed by atoms with E-state index in [2.05, 4.69) is 16.0 Å². The van der Waals surface area contributed by atoms with Crippen LogP contribution in [0.3, 0.4) is 0 Å². The van der Waals surface area contributed by atoms with Crippen molar-refractivity contribution < 1.29 is 0 Å². The number of halogens is 1. The van der Waals surface area contributed by atoms with Crippen LogP contribution in [-0.2, 0) is 5.88 Å². The maximum Gasteiger partial charge on any atom is 0.128 e. The fourth-order valence-electron chi connectivity index (χ4n) is 1.66. The predicted octanol–water partition coefficient (Wildman–Crippen LogP) is 2.42. The summed E-state index contributed by atoms with van der Waals surface area (Å²) in [5.41, 5.74) is 1.15. The van der Waals surface area contributed by atoms with E-state index in [1.165, 1.54) is 12.8 Å². The summed E-state index contributed by atoms with van der Waals surface area (Å²) in [7, 11) is 0. The molecule has 0 saturated carbocycles. The molecule has 0 aromatic carbocycles. The van der Waals surface area contributed by atoms with Crippen LogP contribution in [0.1, 0.15) is 18.4 Å². The number of aromatic nitrogens is 1. The van der Waals surface area contributed by atoms with Crippen molar-refractivity contribution in [2.75, 3.05) is 18.0 Å². The molecule has 2 nitrogen and oxygen atoms in total. The monoisotopic (exact) mass is 196 g/mol. The topological polar surface area (TPSA) is 16.1 Å². The van der Waals surface area contributed by atoms with Crippen LogP contribution in [0.15, 0.2) is 18.3 Å². The first kappa shape index (κ1) is 8.82. The van der Waals surface area contributed by atoms with Crippen LogP contribution in [0.2, 0.25) is 0 Å². The molecule has 70 valence electrons. The van der Waals surface area contributed by atoms with Gasteiger partial charge in [-0.2, -0.15) is 0 Å². The molecule has 2 heterocycles. The molecular formula is C10H13ClN2.